The number of nitrogens with zero attached hydrogens (tertiary/aromatic N) is 3. The van der Waals surface area contributed by atoms with E-state index < -0.39 is 0 Å². The number of methoxy groups -OCH3 is 1. The molecule has 1 fully saturated rings. The summed E-state index contributed by atoms with van der Waals surface area (Å²) in [5.41, 5.74) is 1.73. The molecule has 1 unspecified atom stereocenters. The van der Waals surface area contributed by atoms with E-state index in [9.17, 15) is 4.79 Å². The van der Waals surface area contributed by atoms with Gasteiger partial charge in [0.15, 0.2) is 5.15 Å². The zero-order chi connectivity index (χ0) is 16.9. The van der Waals surface area contributed by atoms with Crippen molar-refractivity contribution in [1.82, 2.24) is 15.1 Å². The quantitative estimate of drug-likeness (QED) is 0.853. The molecule has 1 amide bonds. The molecule has 0 bridgehead atoms. The fraction of sp³-hybridized carbons (Fsp3) is 0.389. The number of carbonyl (C=O) groups is 1. The molecular weight excluding hydrogens is 326 g/mol. The molecule has 6 heteroatoms. The van der Waals surface area contributed by atoms with Crippen molar-refractivity contribution in [2.45, 2.75) is 25.2 Å². The van der Waals surface area contributed by atoms with Crippen LogP contribution in [0, 0.1) is 0 Å². The Morgan fingerprint density at radius 1 is 1.29 bits per heavy atom. The van der Waals surface area contributed by atoms with Gasteiger partial charge in [0, 0.05) is 19.0 Å². The molecule has 2 heterocycles. The van der Waals surface area contributed by atoms with E-state index in [0.29, 0.717) is 18.0 Å². The van der Waals surface area contributed by atoms with E-state index >= 15 is 0 Å². The lowest BCUT2D eigenvalue weighted by atomic mass is 9.94. The summed E-state index contributed by atoms with van der Waals surface area (Å²) >= 11 is 5.86. The monoisotopic (exact) mass is 345 g/mol. The Morgan fingerprint density at radius 3 is 2.79 bits per heavy atom. The first-order valence-corrected chi connectivity index (χ1v) is 8.46. The minimum Gasteiger partial charge on any atom is -0.497 e. The van der Waals surface area contributed by atoms with Crippen LogP contribution in [0.25, 0.3) is 0 Å². The number of ether oxygens (including phenoxy) is 1. The van der Waals surface area contributed by atoms with Gasteiger partial charge in [0.1, 0.15) is 5.75 Å². The summed E-state index contributed by atoms with van der Waals surface area (Å²) in [5.74, 6) is 1.14. The second-order valence-corrected chi connectivity index (χ2v) is 6.37. The fourth-order valence-corrected chi connectivity index (χ4v) is 3.28. The molecule has 0 N–H and O–H groups in total. The summed E-state index contributed by atoms with van der Waals surface area (Å²) < 4.78 is 5.22. The van der Waals surface area contributed by atoms with Crippen LogP contribution < -0.4 is 4.74 Å². The molecule has 1 aromatic carbocycles. The maximum Gasteiger partial charge on any atom is 0.255 e. The lowest BCUT2D eigenvalue weighted by molar-refractivity contribution is 0.0754. The Labute approximate surface area is 146 Å². The van der Waals surface area contributed by atoms with Gasteiger partial charge in [0.05, 0.1) is 18.9 Å². The van der Waals surface area contributed by atoms with Crippen molar-refractivity contribution in [2.24, 2.45) is 0 Å². The van der Waals surface area contributed by atoms with E-state index in [-0.39, 0.29) is 11.1 Å². The molecule has 1 aliphatic heterocycles. The third kappa shape index (κ3) is 3.85. The number of amides is 1. The highest BCUT2D eigenvalue weighted by atomic mass is 35.5. The van der Waals surface area contributed by atoms with Crippen LogP contribution in [0.3, 0.4) is 0 Å². The van der Waals surface area contributed by atoms with Gasteiger partial charge in [0.2, 0.25) is 0 Å². The molecule has 0 spiro atoms. The molecule has 1 aromatic heterocycles. The van der Waals surface area contributed by atoms with Crippen LogP contribution in [-0.4, -0.2) is 41.2 Å². The topological polar surface area (TPSA) is 55.3 Å². The van der Waals surface area contributed by atoms with Crippen molar-refractivity contribution in [2.75, 3.05) is 20.2 Å². The highest BCUT2D eigenvalue weighted by molar-refractivity contribution is 6.29. The zero-order valence-electron chi connectivity index (χ0n) is 13.6. The average molecular weight is 346 g/mol. The molecular formula is C18H20ClN3O2. The third-order valence-electron chi connectivity index (χ3n) is 4.42. The number of benzene rings is 1. The number of halogens is 1. The van der Waals surface area contributed by atoms with E-state index in [1.807, 2.05) is 17.0 Å². The maximum atomic E-state index is 12.8. The van der Waals surface area contributed by atoms with Crippen molar-refractivity contribution >= 4 is 17.5 Å². The molecule has 0 radical (unpaired) electrons. The van der Waals surface area contributed by atoms with E-state index in [1.54, 1.807) is 13.2 Å². The summed E-state index contributed by atoms with van der Waals surface area (Å²) in [7, 11) is 1.66. The van der Waals surface area contributed by atoms with Crippen LogP contribution >= 0.6 is 11.6 Å². The van der Waals surface area contributed by atoms with Crippen LogP contribution in [0.1, 0.15) is 41.1 Å². The van der Waals surface area contributed by atoms with Gasteiger partial charge in [-0.3, -0.25) is 4.79 Å². The number of carbonyl (C=O) groups excluding carboxylic acids is 1. The van der Waals surface area contributed by atoms with Gasteiger partial charge in [0.25, 0.3) is 5.91 Å². The summed E-state index contributed by atoms with van der Waals surface area (Å²) in [5, 5.41) is 7.71. The summed E-state index contributed by atoms with van der Waals surface area (Å²) in [6.45, 7) is 1.45. The second kappa shape index (κ2) is 7.62. The van der Waals surface area contributed by atoms with Crippen LogP contribution in [0.5, 0.6) is 5.75 Å². The summed E-state index contributed by atoms with van der Waals surface area (Å²) in [4.78, 5) is 14.7. The van der Waals surface area contributed by atoms with E-state index in [4.69, 9.17) is 16.3 Å². The van der Waals surface area contributed by atoms with Crippen LogP contribution in [0.4, 0.5) is 0 Å². The van der Waals surface area contributed by atoms with Gasteiger partial charge in [-0.2, -0.15) is 5.10 Å². The summed E-state index contributed by atoms with van der Waals surface area (Å²) in [6, 6.07) is 9.69. The number of aromatic nitrogens is 2. The predicted octanol–water partition coefficient (Wildman–Crippen LogP) is 3.55. The Bertz CT molecular complexity index is 706. The molecule has 2 aromatic rings. The SMILES string of the molecule is COc1ccc(C2CCCCN(C(=O)c3cnnc(Cl)c3)C2)cc1. The van der Waals surface area contributed by atoms with Gasteiger partial charge in [-0.25, -0.2) is 0 Å². The molecule has 0 aliphatic carbocycles. The smallest absolute Gasteiger partial charge is 0.255 e. The van der Waals surface area contributed by atoms with Gasteiger partial charge >= 0.3 is 0 Å². The number of hydrogen-bond donors (Lipinski definition) is 0. The van der Waals surface area contributed by atoms with E-state index in [2.05, 4.69) is 22.3 Å². The Kier molecular flexibility index (Phi) is 5.30. The maximum absolute atomic E-state index is 12.8. The number of rotatable bonds is 3. The predicted molar refractivity (Wildman–Crippen MR) is 92.5 cm³/mol. The Balaban J connectivity index is 1.77. The lowest BCUT2D eigenvalue weighted by Crippen LogP contribution is -2.34. The fourth-order valence-electron chi connectivity index (χ4n) is 3.11. The highest BCUT2D eigenvalue weighted by Crippen LogP contribution is 2.28. The van der Waals surface area contributed by atoms with Crippen molar-refractivity contribution in [3.63, 3.8) is 0 Å². The van der Waals surface area contributed by atoms with Crippen molar-refractivity contribution in [3.8, 4) is 5.75 Å². The minimum atomic E-state index is -0.0350. The van der Waals surface area contributed by atoms with Gasteiger partial charge in [-0.05, 0) is 36.6 Å². The van der Waals surface area contributed by atoms with Crippen molar-refractivity contribution in [1.29, 1.82) is 0 Å². The van der Waals surface area contributed by atoms with Crippen LogP contribution in [0.15, 0.2) is 36.5 Å². The average Bonchev–Trinajstić information content (AvgIpc) is 2.87. The first kappa shape index (κ1) is 16.7. The molecule has 1 atom stereocenters. The first-order valence-electron chi connectivity index (χ1n) is 8.09. The molecule has 1 saturated heterocycles. The second-order valence-electron chi connectivity index (χ2n) is 5.98. The van der Waals surface area contributed by atoms with Crippen LogP contribution in [-0.2, 0) is 0 Å². The molecule has 5 nitrogen and oxygen atoms in total. The number of hydrogen-bond acceptors (Lipinski definition) is 4. The zero-order valence-corrected chi connectivity index (χ0v) is 14.4. The van der Waals surface area contributed by atoms with E-state index in [0.717, 1.165) is 31.6 Å². The number of likely N-dealkylation sites (tertiary alicyclic amines) is 1. The third-order valence-corrected chi connectivity index (χ3v) is 4.60. The lowest BCUT2D eigenvalue weighted by Gasteiger charge is -2.25. The molecule has 0 saturated carbocycles. The van der Waals surface area contributed by atoms with Gasteiger partial charge < -0.3 is 9.64 Å². The molecule has 24 heavy (non-hydrogen) atoms. The highest BCUT2D eigenvalue weighted by Gasteiger charge is 2.24. The first-order chi connectivity index (χ1) is 11.7. The molecule has 1 aliphatic rings. The largest absolute Gasteiger partial charge is 0.497 e. The van der Waals surface area contributed by atoms with Crippen molar-refractivity contribution < 1.29 is 9.53 Å². The van der Waals surface area contributed by atoms with E-state index in [1.165, 1.54) is 11.8 Å². The minimum absolute atomic E-state index is 0.0350. The standard InChI is InChI=1S/C18H20ClN3O2/c1-24-16-7-5-13(6-8-16)14-4-2-3-9-22(12-14)18(23)15-10-17(19)21-20-11-15/h5-8,10-11,14H,2-4,9,12H2,1H3. The van der Waals surface area contributed by atoms with Gasteiger partial charge in [-0.1, -0.05) is 30.2 Å². The van der Waals surface area contributed by atoms with Gasteiger partial charge in [-0.15, -0.1) is 5.10 Å². The summed E-state index contributed by atoms with van der Waals surface area (Å²) in [6.07, 6.45) is 4.66. The Morgan fingerprint density at radius 2 is 2.08 bits per heavy atom. The normalized spacial score (nSPS) is 18.1. The Hall–Kier alpha value is -2.14. The van der Waals surface area contributed by atoms with Crippen LogP contribution in [0.2, 0.25) is 5.15 Å². The van der Waals surface area contributed by atoms with Crippen molar-refractivity contribution in [3.05, 3.63) is 52.8 Å². The molecule has 3 rings (SSSR count). The molecule has 126 valence electrons.